The highest BCUT2D eigenvalue weighted by Gasteiger charge is 2.42. The highest BCUT2D eigenvalue weighted by molar-refractivity contribution is 9.10. The first-order valence-corrected chi connectivity index (χ1v) is 10.2. The van der Waals surface area contributed by atoms with Crippen molar-refractivity contribution >= 4 is 39.0 Å². The summed E-state index contributed by atoms with van der Waals surface area (Å²) in [5.41, 5.74) is 4.06. The summed E-state index contributed by atoms with van der Waals surface area (Å²) in [6.07, 6.45) is 1.23. The monoisotopic (exact) mass is 438 g/mol. The van der Waals surface area contributed by atoms with Crippen LogP contribution in [0.5, 0.6) is 0 Å². The molecule has 1 atom stereocenters. The highest BCUT2D eigenvalue weighted by atomic mass is 79.9. The fourth-order valence-electron chi connectivity index (χ4n) is 4.33. The molecule has 0 fully saturated rings. The molecule has 0 bridgehead atoms. The predicted molar refractivity (Wildman–Crippen MR) is 115 cm³/mol. The van der Waals surface area contributed by atoms with Crippen molar-refractivity contribution in [3.8, 4) is 0 Å². The molecular weight excluding hydrogens is 416 g/mol. The largest absolute Gasteiger partial charge is 0.357 e. The lowest BCUT2D eigenvalue weighted by Crippen LogP contribution is -2.38. The molecule has 144 valence electrons. The molecule has 1 amide bonds. The zero-order chi connectivity index (χ0) is 20.1. The van der Waals surface area contributed by atoms with E-state index in [4.69, 9.17) is 0 Å². The third-order valence-corrected chi connectivity index (χ3v) is 5.90. The number of ketones is 1. The summed E-state index contributed by atoms with van der Waals surface area (Å²) in [7, 11) is 0. The number of hydrogen-bond acceptors (Lipinski definition) is 3. The van der Waals surface area contributed by atoms with Gasteiger partial charge in [-0.1, -0.05) is 54.0 Å². The molecule has 28 heavy (non-hydrogen) atoms. The summed E-state index contributed by atoms with van der Waals surface area (Å²) < 4.78 is 0.921. The van der Waals surface area contributed by atoms with Gasteiger partial charge in [0.05, 0.1) is 17.4 Å². The summed E-state index contributed by atoms with van der Waals surface area (Å²) in [6, 6.07) is 15.2. The lowest BCUT2D eigenvalue weighted by Gasteiger charge is -2.36. The van der Waals surface area contributed by atoms with Crippen molar-refractivity contribution in [3.05, 3.63) is 69.8 Å². The SMILES string of the molecule is CC(=O)N1c2ccccc2NC2=C(C(=O)CC(C)(C)C2)C1c1cccc(Br)c1. The Morgan fingerprint density at radius 2 is 1.89 bits per heavy atom. The van der Waals surface area contributed by atoms with Crippen molar-refractivity contribution in [3.63, 3.8) is 0 Å². The average molecular weight is 439 g/mol. The fourth-order valence-corrected chi connectivity index (χ4v) is 4.74. The first-order valence-electron chi connectivity index (χ1n) is 9.44. The molecule has 1 aliphatic carbocycles. The standard InChI is InChI=1S/C23H23BrN2O2/c1-14(27)26-19-10-5-4-9-17(19)25-18-12-23(2,3)13-20(28)21(18)22(26)15-7-6-8-16(24)11-15/h4-11,22,25H,12-13H2,1-3H3. The van der Waals surface area contributed by atoms with Gasteiger partial charge < -0.3 is 5.32 Å². The number of Topliss-reactive ketones (excluding diaryl/α,β-unsaturated/α-hetero) is 1. The van der Waals surface area contributed by atoms with Gasteiger partial charge in [-0.05, 0) is 41.7 Å². The van der Waals surface area contributed by atoms with Crippen LogP contribution in [0.2, 0.25) is 0 Å². The Hall–Kier alpha value is -2.40. The Morgan fingerprint density at radius 1 is 1.14 bits per heavy atom. The normalized spacial score (nSPS) is 20.8. The molecule has 5 heteroatoms. The minimum absolute atomic E-state index is 0.0920. The van der Waals surface area contributed by atoms with E-state index in [1.165, 1.54) is 0 Å². The van der Waals surface area contributed by atoms with E-state index in [0.29, 0.717) is 12.0 Å². The Labute approximate surface area is 173 Å². The van der Waals surface area contributed by atoms with Crippen LogP contribution >= 0.6 is 15.9 Å². The second-order valence-corrected chi connectivity index (χ2v) is 9.24. The van der Waals surface area contributed by atoms with E-state index >= 15 is 0 Å². The van der Waals surface area contributed by atoms with Crippen molar-refractivity contribution in [2.24, 2.45) is 5.41 Å². The van der Waals surface area contributed by atoms with Crippen LogP contribution in [0.4, 0.5) is 11.4 Å². The number of fused-ring (bicyclic) bond motifs is 1. The molecule has 1 heterocycles. The molecule has 4 nitrogen and oxygen atoms in total. The number of anilines is 2. The summed E-state index contributed by atoms with van der Waals surface area (Å²) in [4.78, 5) is 27.9. The Balaban J connectivity index is 2.02. The second kappa shape index (κ2) is 6.89. The molecule has 0 radical (unpaired) electrons. The van der Waals surface area contributed by atoms with E-state index in [-0.39, 0.29) is 17.1 Å². The Bertz CT molecular complexity index is 1010. The minimum atomic E-state index is -0.454. The predicted octanol–water partition coefficient (Wildman–Crippen LogP) is 5.61. The van der Waals surface area contributed by atoms with E-state index in [1.807, 2.05) is 48.5 Å². The van der Waals surface area contributed by atoms with Crippen LogP contribution in [0.1, 0.15) is 45.2 Å². The van der Waals surface area contributed by atoms with Gasteiger partial charge in [0.25, 0.3) is 0 Å². The molecule has 2 aromatic rings. The maximum atomic E-state index is 13.3. The van der Waals surface area contributed by atoms with Gasteiger partial charge in [0.15, 0.2) is 5.78 Å². The van der Waals surface area contributed by atoms with Crippen LogP contribution in [0, 0.1) is 5.41 Å². The van der Waals surface area contributed by atoms with Crippen LogP contribution in [0.25, 0.3) is 0 Å². The number of amides is 1. The first-order chi connectivity index (χ1) is 13.3. The molecular formula is C23H23BrN2O2. The lowest BCUT2D eigenvalue weighted by atomic mass is 9.73. The molecule has 1 aliphatic heterocycles. The third-order valence-electron chi connectivity index (χ3n) is 5.40. The number of nitrogens with zero attached hydrogens (tertiary/aromatic N) is 1. The number of benzene rings is 2. The van der Waals surface area contributed by atoms with Crippen molar-refractivity contribution < 1.29 is 9.59 Å². The summed E-state index contributed by atoms with van der Waals surface area (Å²) in [5.74, 6) is 0.00777. The smallest absolute Gasteiger partial charge is 0.224 e. The number of rotatable bonds is 1. The number of nitrogens with one attached hydrogen (secondary N) is 1. The van der Waals surface area contributed by atoms with Crippen LogP contribution in [0.15, 0.2) is 64.3 Å². The number of hydrogen-bond donors (Lipinski definition) is 1. The van der Waals surface area contributed by atoms with Crippen LogP contribution in [-0.2, 0) is 9.59 Å². The van der Waals surface area contributed by atoms with Crippen LogP contribution < -0.4 is 10.2 Å². The summed E-state index contributed by atoms with van der Waals surface area (Å²) in [5, 5.41) is 3.50. The van der Waals surface area contributed by atoms with Gasteiger partial charge in [0, 0.05) is 29.1 Å². The van der Waals surface area contributed by atoms with E-state index in [9.17, 15) is 9.59 Å². The third kappa shape index (κ3) is 3.28. The average Bonchev–Trinajstić information content (AvgIpc) is 2.74. The van der Waals surface area contributed by atoms with Gasteiger partial charge in [-0.2, -0.15) is 0 Å². The molecule has 0 saturated carbocycles. The molecule has 0 spiro atoms. The quantitative estimate of drug-likeness (QED) is 0.628. The molecule has 0 aromatic heterocycles. The van der Waals surface area contributed by atoms with Crippen molar-refractivity contribution in [2.45, 2.75) is 39.7 Å². The van der Waals surface area contributed by atoms with Crippen molar-refractivity contribution in [1.29, 1.82) is 0 Å². The number of halogens is 1. The molecule has 1 N–H and O–H groups in total. The summed E-state index contributed by atoms with van der Waals surface area (Å²) in [6.45, 7) is 5.79. The molecule has 2 aromatic carbocycles. The number of allylic oxidation sites excluding steroid dienone is 1. The zero-order valence-corrected chi connectivity index (χ0v) is 17.8. The van der Waals surface area contributed by atoms with E-state index in [1.54, 1.807) is 11.8 Å². The van der Waals surface area contributed by atoms with Gasteiger partial charge in [-0.15, -0.1) is 0 Å². The first kappa shape index (κ1) is 18.9. The Morgan fingerprint density at radius 3 is 2.61 bits per heavy atom. The van der Waals surface area contributed by atoms with Gasteiger partial charge >= 0.3 is 0 Å². The topological polar surface area (TPSA) is 49.4 Å². The molecule has 2 aliphatic rings. The minimum Gasteiger partial charge on any atom is -0.357 e. The summed E-state index contributed by atoms with van der Waals surface area (Å²) >= 11 is 3.54. The van der Waals surface area contributed by atoms with Gasteiger partial charge in [0.1, 0.15) is 0 Å². The van der Waals surface area contributed by atoms with E-state index in [0.717, 1.165) is 33.5 Å². The lowest BCUT2D eigenvalue weighted by molar-refractivity contribution is -0.118. The van der Waals surface area contributed by atoms with Crippen LogP contribution in [-0.4, -0.2) is 11.7 Å². The van der Waals surface area contributed by atoms with Gasteiger partial charge in [-0.3, -0.25) is 14.5 Å². The number of carbonyl (C=O) groups excluding carboxylic acids is 2. The van der Waals surface area contributed by atoms with E-state index < -0.39 is 6.04 Å². The number of carbonyl (C=O) groups is 2. The maximum absolute atomic E-state index is 13.3. The molecule has 0 saturated heterocycles. The second-order valence-electron chi connectivity index (χ2n) is 8.32. The molecule has 4 rings (SSSR count). The fraction of sp³-hybridized carbons (Fsp3) is 0.304. The number of para-hydroxylation sites is 2. The van der Waals surface area contributed by atoms with Crippen molar-refractivity contribution in [1.82, 2.24) is 0 Å². The zero-order valence-electron chi connectivity index (χ0n) is 16.3. The molecule has 1 unspecified atom stereocenters. The Kier molecular flexibility index (Phi) is 4.66. The van der Waals surface area contributed by atoms with Gasteiger partial charge in [-0.25, -0.2) is 0 Å². The highest BCUT2D eigenvalue weighted by Crippen LogP contribution is 2.48. The van der Waals surface area contributed by atoms with E-state index in [2.05, 4.69) is 35.1 Å². The van der Waals surface area contributed by atoms with Crippen molar-refractivity contribution in [2.75, 3.05) is 10.2 Å². The van der Waals surface area contributed by atoms with Crippen LogP contribution in [0.3, 0.4) is 0 Å². The van der Waals surface area contributed by atoms with Gasteiger partial charge in [0.2, 0.25) is 5.91 Å². The maximum Gasteiger partial charge on any atom is 0.224 e.